The van der Waals surface area contributed by atoms with Gasteiger partial charge in [-0.05, 0) is 38.5 Å². The first-order valence-corrected chi connectivity index (χ1v) is 13.2. The van der Waals surface area contributed by atoms with Gasteiger partial charge in [0.1, 0.15) is 0 Å². The fourth-order valence-electron chi connectivity index (χ4n) is 3.71. The molecule has 0 saturated carbocycles. The molecule has 0 amide bonds. The van der Waals surface area contributed by atoms with E-state index < -0.39 is 12.1 Å². The van der Waals surface area contributed by atoms with E-state index in [1.54, 1.807) is 0 Å². The third-order valence-electron chi connectivity index (χ3n) is 5.71. The van der Waals surface area contributed by atoms with Crippen molar-refractivity contribution in [2.75, 3.05) is 6.61 Å². The molecule has 3 nitrogen and oxygen atoms in total. The van der Waals surface area contributed by atoms with Crippen LogP contribution in [0.15, 0.2) is 12.2 Å². The first-order valence-electron chi connectivity index (χ1n) is 13.2. The van der Waals surface area contributed by atoms with Crippen LogP contribution >= 0.6 is 0 Å². The van der Waals surface area contributed by atoms with E-state index in [0.717, 1.165) is 25.7 Å². The average molecular weight is 425 g/mol. The Balaban J connectivity index is 3.23. The van der Waals surface area contributed by atoms with E-state index in [4.69, 9.17) is 4.74 Å². The largest absolute Gasteiger partial charge is 0.464 e. The summed E-state index contributed by atoms with van der Waals surface area (Å²) in [5.74, 6) is -0.461. The zero-order valence-electron chi connectivity index (χ0n) is 20.3. The lowest BCUT2D eigenvalue weighted by Gasteiger charge is -2.09. The second-order valence-electron chi connectivity index (χ2n) is 8.82. The van der Waals surface area contributed by atoms with Crippen molar-refractivity contribution in [1.82, 2.24) is 0 Å². The van der Waals surface area contributed by atoms with Crippen molar-refractivity contribution < 1.29 is 14.6 Å². The summed E-state index contributed by atoms with van der Waals surface area (Å²) in [5, 5.41) is 9.71. The fraction of sp³-hybridized carbons (Fsp3) is 0.889. The van der Waals surface area contributed by atoms with E-state index in [0.29, 0.717) is 13.0 Å². The summed E-state index contributed by atoms with van der Waals surface area (Å²) in [6, 6.07) is 0. The number of allylic oxidation sites excluding steroid dienone is 2. The van der Waals surface area contributed by atoms with E-state index in [2.05, 4.69) is 19.1 Å². The highest BCUT2D eigenvalue weighted by molar-refractivity contribution is 5.74. The second-order valence-corrected chi connectivity index (χ2v) is 8.82. The molecule has 0 aliphatic heterocycles. The summed E-state index contributed by atoms with van der Waals surface area (Å²) in [5.41, 5.74) is 0. The van der Waals surface area contributed by atoms with Gasteiger partial charge in [0.05, 0.1) is 6.61 Å². The summed E-state index contributed by atoms with van der Waals surface area (Å²) < 4.78 is 4.95. The number of aliphatic hydroxyl groups excluding tert-OH is 1. The van der Waals surface area contributed by atoms with Crippen molar-refractivity contribution in [3.8, 4) is 0 Å². The molecule has 3 heteroatoms. The van der Waals surface area contributed by atoms with E-state index >= 15 is 0 Å². The van der Waals surface area contributed by atoms with Crippen LogP contribution in [0.3, 0.4) is 0 Å². The maximum atomic E-state index is 11.5. The molecule has 0 aliphatic carbocycles. The first-order chi connectivity index (χ1) is 14.7. The van der Waals surface area contributed by atoms with Crippen LogP contribution in [0, 0.1) is 0 Å². The predicted octanol–water partition coefficient (Wildman–Crippen LogP) is 8.29. The van der Waals surface area contributed by atoms with Gasteiger partial charge in [-0.1, -0.05) is 116 Å². The molecule has 0 aromatic carbocycles. The van der Waals surface area contributed by atoms with E-state index in [-0.39, 0.29) is 0 Å². The molecule has 1 unspecified atom stereocenters. The Morgan fingerprint density at radius 3 is 1.57 bits per heavy atom. The van der Waals surface area contributed by atoms with E-state index in [1.807, 2.05) is 6.92 Å². The number of hydrogen-bond acceptors (Lipinski definition) is 3. The molecule has 0 rings (SSSR count). The molecular formula is C27H52O3. The molecule has 0 aliphatic rings. The minimum atomic E-state index is -0.938. The van der Waals surface area contributed by atoms with Crippen LogP contribution in [0.25, 0.3) is 0 Å². The zero-order chi connectivity index (χ0) is 22.1. The summed E-state index contributed by atoms with van der Waals surface area (Å²) in [6.45, 7) is 4.64. The smallest absolute Gasteiger partial charge is 0.334 e. The molecule has 1 N–H and O–H groups in total. The van der Waals surface area contributed by atoms with Crippen molar-refractivity contribution in [2.24, 2.45) is 0 Å². The van der Waals surface area contributed by atoms with Crippen molar-refractivity contribution in [3.63, 3.8) is 0 Å². The molecule has 0 bridgehead atoms. The summed E-state index contributed by atoms with van der Waals surface area (Å²) in [4.78, 5) is 11.5. The van der Waals surface area contributed by atoms with Crippen LogP contribution in [0.5, 0.6) is 0 Å². The van der Waals surface area contributed by atoms with Crippen LogP contribution in [-0.2, 0) is 9.53 Å². The highest BCUT2D eigenvalue weighted by atomic mass is 16.5. The fourth-order valence-corrected chi connectivity index (χ4v) is 3.71. The van der Waals surface area contributed by atoms with Gasteiger partial charge in [0, 0.05) is 0 Å². The van der Waals surface area contributed by atoms with Gasteiger partial charge >= 0.3 is 5.97 Å². The van der Waals surface area contributed by atoms with Crippen molar-refractivity contribution >= 4 is 5.97 Å². The molecular weight excluding hydrogens is 372 g/mol. The maximum Gasteiger partial charge on any atom is 0.334 e. The van der Waals surface area contributed by atoms with Gasteiger partial charge in [-0.3, -0.25) is 0 Å². The van der Waals surface area contributed by atoms with Crippen LogP contribution < -0.4 is 0 Å². The van der Waals surface area contributed by atoms with Gasteiger partial charge in [-0.2, -0.15) is 0 Å². The molecule has 0 radical (unpaired) electrons. The molecule has 30 heavy (non-hydrogen) atoms. The zero-order valence-corrected chi connectivity index (χ0v) is 20.3. The topological polar surface area (TPSA) is 46.5 Å². The van der Waals surface area contributed by atoms with Gasteiger partial charge in [0.25, 0.3) is 0 Å². The third kappa shape index (κ3) is 21.9. The molecule has 178 valence electrons. The van der Waals surface area contributed by atoms with E-state index in [9.17, 15) is 9.90 Å². The molecule has 0 saturated heterocycles. The van der Waals surface area contributed by atoms with Gasteiger partial charge in [-0.15, -0.1) is 0 Å². The van der Waals surface area contributed by atoms with Crippen LogP contribution in [-0.4, -0.2) is 23.8 Å². The Labute approximate surface area is 188 Å². The van der Waals surface area contributed by atoms with Crippen molar-refractivity contribution in [3.05, 3.63) is 12.2 Å². The summed E-state index contributed by atoms with van der Waals surface area (Å²) in [7, 11) is 0. The minimum absolute atomic E-state index is 0.404. The van der Waals surface area contributed by atoms with Crippen molar-refractivity contribution in [1.29, 1.82) is 0 Å². The van der Waals surface area contributed by atoms with Gasteiger partial charge in [-0.25, -0.2) is 4.79 Å². The number of unbranched alkanes of at least 4 members (excludes halogenated alkanes) is 16. The van der Waals surface area contributed by atoms with Crippen LogP contribution in [0.4, 0.5) is 0 Å². The lowest BCUT2D eigenvalue weighted by Crippen LogP contribution is -2.23. The van der Waals surface area contributed by atoms with Crippen LogP contribution in [0.2, 0.25) is 0 Å². The van der Waals surface area contributed by atoms with Gasteiger partial charge < -0.3 is 9.84 Å². The predicted molar refractivity (Wildman–Crippen MR) is 130 cm³/mol. The molecule has 0 fully saturated rings. The quantitative estimate of drug-likeness (QED) is 0.102. The number of ether oxygens (including phenoxy) is 1. The Morgan fingerprint density at radius 2 is 1.10 bits per heavy atom. The lowest BCUT2D eigenvalue weighted by atomic mass is 10.0. The second kappa shape index (κ2) is 24.4. The Kier molecular flexibility index (Phi) is 23.8. The van der Waals surface area contributed by atoms with Crippen LogP contribution in [0.1, 0.15) is 142 Å². The monoisotopic (exact) mass is 424 g/mol. The summed E-state index contributed by atoms with van der Waals surface area (Å²) >= 11 is 0. The highest BCUT2D eigenvalue weighted by Gasteiger charge is 2.15. The minimum Gasteiger partial charge on any atom is -0.464 e. The van der Waals surface area contributed by atoms with Gasteiger partial charge in [0.2, 0.25) is 0 Å². The lowest BCUT2D eigenvalue weighted by molar-refractivity contribution is -0.153. The standard InChI is InChI=1S/C27H52O3/c1-3-5-6-7-8-9-10-11-12-13-14-15-16-17-18-19-20-21-22-23-24-26(28)27(29)30-25-4-2/h17-18,26,28H,3-16,19-25H2,1-2H3. The molecule has 0 aromatic rings. The van der Waals surface area contributed by atoms with Gasteiger partial charge in [0.15, 0.2) is 6.10 Å². The number of carbonyl (C=O) groups excluding carboxylic acids is 1. The molecule has 0 spiro atoms. The number of aliphatic hydroxyl groups is 1. The Hall–Kier alpha value is -0.830. The third-order valence-corrected chi connectivity index (χ3v) is 5.71. The number of rotatable bonds is 23. The average Bonchev–Trinajstić information content (AvgIpc) is 2.75. The Bertz CT molecular complexity index is 378. The summed E-state index contributed by atoms with van der Waals surface area (Å²) in [6.07, 6.45) is 28.7. The Morgan fingerprint density at radius 1 is 0.667 bits per heavy atom. The molecule has 0 heterocycles. The number of esters is 1. The van der Waals surface area contributed by atoms with Crippen molar-refractivity contribution in [2.45, 2.75) is 148 Å². The number of hydrogen-bond donors (Lipinski definition) is 1. The first kappa shape index (κ1) is 29.2. The molecule has 0 aromatic heterocycles. The maximum absolute atomic E-state index is 11.5. The SMILES string of the molecule is CCCCCCCCCCCCCCC=CCCCCCCC(O)C(=O)OCCC. The van der Waals surface area contributed by atoms with E-state index in [1.165, 1.54) is 96.3 Å². The normalized spacial score (nSPS) is 12.5. The number of carbonyl (C=O) groups is 1. The molecule has 1 atom stereocenters. The highest BCUT2D eigenvalue weighted by Crippen LogP contribution is 2.13.